The van der Waals surface area contributed by atoms with Gasteiger partial charge in [-0.2, -0.15) is 0 Å². The Kier molecular flexibility index (Phi) is 18.0. The molecule has 0 spiro atoms. The van der Waals surface area contributed by atoms with Gasteiger partial charge in [0.15, 0.2) is 0 Å². The molecule has 0 atom stereocenters. The van der Waals surface area contributed by atoms with Gasteiger partial charge in [-0.25, -0.2) is 0 Å². The van der Waals surface area contributed by atoms with E-state index in [4.69, 9.17) is 5.11 Å². The molecular formula is C14H26O2W. The molecule has 0 amide bonds. The Morgan fingerprint density at radius 3 is 2.06 bits per heavy atom. The molecule has 0 aromatic rings. The van der Waals surface area contributed by atoms with Crippen LogP contribution < -0.4 is 0 Å². The van der Waals surface area contributed by atoms with Crippen LogP contribution in [0.2, 0.25) is 0 Å². The standard InChI is InChI=1S/C14H26O2.W/c1-2-3-4-5-6-7-8-9-10-11-12-13-14(15)16;/h5-6H,2-4,7-13H2,1H3,(H,15,16);/b6-5-;. The molecule has 0 unspecified atom stereocenters. The van der Waals surface area contributed by atoms with Crippen LogP contribution >= 0.6 is 0 Å². The van der Waals surface area contributed by atoms with Crippen molar-refractivity contribution in [3.05, 3.63) is 12.2 Å². The number of hydrogen-bond donors (Lipinski definition) is 1. The van der Waals surface area contributed by atoms with E-state index < -0.39 is 5.97 Å². The SMILES string of the molecule is CCCC/C=C\CCCCCCCC(=O)O.[W]. The van der Waals surface area contributed by atoms with Crippen molar-refractivity contribution in [2.45, 2.75) is 71.1 Å². The number of carboxylic acid groups (broad SMARTS) is 1. The van der Waals surface area contributed by atoms with E-state index in [1.54, 1.807) is 0 Å². The molecule has 100 valence electrons. The quantitative estimate of drug-likeness (QED) is 0.401. The van der Waals surface area contributed by atoms with Gasteiger partial charge in [0.2, 0.25) is 0 Å². The minimum atomic E-state index is -0.668. The molecule has 0 heterocycles. The van der Waals surface area contributed by atoms with Gasteiger partial charge < -0.3 is 5.11 Å². The summed E-state index contributed by atoms with van der Waals surface area (Å²) in [5, 5.41) is 8.45. The number of unbranched alkanes of at least 4 members (excludes halogenated alkanes) is 7. The van der Waals surface area contributed by atoms with Crippen molar-refractivity contribution < 1.29 is 31.0 Å². The number of hydrogen-bond acceptors (Lipinski definition) is 1. The topological polar surface area (TPSA) is 37.3 Å². The molecule has 0 fully saturated rings. The number of aliphatic carboxylic acids is 1. The molecule has 0 aliphatic heterocycles. The maximum absolute atomic E-state index is 10.3. The van der Waals surface area contributed by atoms with Crippen molar-refractivity contribution in [2.75, 3.05) is 0 Å². The fourth-order valence-electron chi connectivity index (χ4n) is 1.63. The normalized spacial score (nSPS) is 10.4. The molecule has 0 saturated heterocycles. The summed E-state index contributed by atoms with van der Waals surface area (Å²) in [6, 6.07) is 0. The van der Waals surface area contributed by atoms with Crippen LogP contribution in [0.1, 0.15) is 71.1 Å². The van der Waals surface area contributed by atoms with Gasteiger partial charge in [-0.1, -0.05) is 51.2 Å². The summed E-state index contributed by atoms with van der Waals surface area (Å²) in [6.07, 6.45) is 15.4. The summed E-state index contributed by atoms with van der Waals surface area (Å²) >= 11 is 0. The van der Waals surface area contributed by atoms with E-state index in [-0.39, 0.29) is 21.1 Å². The molecule has 17 heavy (non-hydrogen) atoms. The second-order valence-corrected chi connectivity index (χ2v) is 4.31. The second kappa shape index (κ2) is 15.9. The van der Waals surface area contributed by atoms with Crippen LogP contribution in [0.4, 0.5) is 0 Å². The van der Waals surface area contributed by atoms with Gasteiger partial charge in [-0.3, -0.25) is 4.79 Å². The Bertz CT molecular complexity index is 191. The first kappa shape index (κ1) is 19.2. The van der Waals surface area contributed by atoms with Crippen LogP contribution in [0.15, 0.2) is 12.2 Å². The van der Waals surface area contributed by atoms with E-state index in [0.717, 1.165) is 12.8 Å². The zero-order valence-corrected chi connectivity index (χ0v) is 13.9. The van der Waals surface area contributed by atoms with Crippen LogP contribution in [-0.2, 0) is 25.9 Å². The summed E-state index contributed by atoms with van der Waals surface area (Å²) in [4.78, 5) is 10.3. The number of rotatable bonds is 11. The van der Waals surface area contributed by atoms with Crippen molar-refractivity contribution in [1.29, 1.82) is 0 Å². The second-order valence-electron chi connectivity index (χ2n) is 4.31. The molecule has 2 nitrogen and oxygen atoms in total. The summed E-state index contributed by atoms with van der Waals surface area (Å²) in [7, 11) is 0. The van der Waals surface area contributed by atoms with Crippen LogP contribution in [0.5, 0.6) is 0 Å². The zero-order valence-electron chi connectivity index (χ0n) is 11.0. The minimum absolute atomic E-state index is 0. The van der Waals surface area contributed by atoms with Gasteiger partial charge in [-0.05, 0) is 25.7 Å². The third kappa shape index (κ3) is 18.5. The van der Waals surface area contributed by atoms with E-state index in [0.29, 0.717) is 6.42 Å². The molecule has 3 heteroatoms. The number of carbonyl (C=O) groups is 1. The zero-order chi connectivity index (χ0) is 12.1. The molecule has 0 saturated carbocycles. The summed E-state index contributed by atoms with van der Waals surface area (Å²) in [6.45, 7) is 2.21. The molecule has 0 rings (SSSR count). The minimum Gasteiger partial charge on any atom is -0.481 e. The van der Waals surface area contributed by atoms with Crippen molar-refractivity contribution >= 4 is 5.97 Å². The summed E-state index contributed by atoms with van der Waals surface area (Å²) < 4.78 is 0. The fraction of sp³-hybridized carbons (Fsp3) is 0.786. The van der Waals surface area contributed by atoms with Gasteiger partial charge in [-0.15, -0.1) is 0 Å². The molecule has 0 bridgehead atoms. The van der Waals surface area contributed by atoms with Crippen molar-refractivity contribution in [3.8, 4) is 0 Å². The smallest absolute Gasteiger partial charge is 0.303 e. The van der Waals surface area contributed by atoms with E-state index in [1.807, 2.05) is 0 Å². The summed E-state index contributed by atoms with van der Waals surface area (Å²) in [5.74, 6) is -0.668. The Morgan fingerprint density at radius 1 is 0.941 bits per heavy atom. The van der Waals surface area contributed by atoms with Gasteiger partial charge in [0, 0.05) is 27.5 Å². The van der Waals surface area contributed by atoms with Crippen molar-refractivity contribution in [2.24, 2.45) is 0 Å². The van der Waals surface area contributed by atoms with E-state index in [1.165, 1.54) is 44.9 Å². The first-order chi connectivity index (χ1) is 7.77. The Balaban J connectivity index is 0. The first-order valence-corrected chi connectivity index (χ1v) is 6.64. The van der Waals surface area contributed by atoms with Gasteiger partial charge in [0.1, 0.15) is 0 Å². The molecular weight excluding hydrogens is 384 g/mol. The van der Waals surface area contributed by atoms with Crippen LogP contribution in [0.3, 0.4) is 0 Å². The molecule has 1 N–H and O–H groups in total. The number of allylic oxidation sites excluding steroid dienone is 2. The van der Waals surface area contributed by atoms with Gasteiger partial charge in [0.05, 0.1) is 0 Å². The number of carboxylic acids is 1. The van der Waals surface area contributed by atoms with Crippen LogP contribution in [-0.4, -0.2) is 11.1 Å². The molecule has 0 aliphatic rings. The fourth-order valence-corrected chi connectivity index (χ4v) is 1.63. The van der Waals surface area contributed by atoms with E-state index in [2.05, 4.69) is 19.1 Å². The third-order valence-electron chi connectivity index (χ3n) is 2.65. The Morgan fingerprint density at radius 2 is 1.47 bits per heavy atom. The maximum Gasteiger partial charge on any atom is 0.303 e. The Hall–Kier alpha value is -0.102. The molecule has 0 aromatic heterocycles. The predicted molar refractivity (Wildman–Crippen MR) is 68.6 cm³/mol. The summed E-state index contributed by atoms with van der Waals surface area (Å²) in [5.41, 5.74) is 0. The predicted octanol–water partition coefficient (Wildman–Crippen LogP) is 4.55. The van der Waals surface area contributed by atoms with E-state index >= 15 is 0 Å². The largest absolute Gasteiger partial charge is 0.481 e. The van der Waals surface area contributed by atoms with Gasteiger partial charge >= 0.3 is 5.97 Å². The molecule has 0 aromatic carbocycles. The third-order valence-corrected chi connectivity index (χ3v) is 2.65. The average molecular weight is 410 g/mol. The van der Waals surface area contributed by atoms with Crippen LogP contribution in [0.25, 0.3) is 0 Å². The molecule has 0 radical (unpaired) electrons. The average Bonchev–Trinajstić information content (AvgIpc) is 2.25. The van der Waals surface area contributed by atoms with Crippen molar-refractivity contribution in [3.63, 3.8) is 0 Å². The van der Waals surface area contributed by atoms with E-state index in [9.17, 15) is 4.79 Å². The first-order valence-electron chi connectivity index (χ1n) is 6.64. The van der Waals surface area contributed by atoms with Gasteiger partial charge in [0.25, 0.3) is 0 Å². The molecule has 0 aliphatic carbocycles. The van der Waals surface area contributed by atoms with Crippen molar-refractivity contribution in [1.82, 2.24) is 0 Å². The Labute approximate surface area is 120 Å². The van der Waals surface area contributed by atoms with Crippen LogP contribution in [0, 0.1) is 0 Å². The maximum atomic E-state index is 10.3. The monoisotopic (exact) mass is 410 g/mol.